The molecular formula is C19H28N6O2. The molecule has 0 aliphatic carbocycles. The van der Waals surface area contributed by atoms with Crippen LogP contribution in [0.15, 0.2) is 11.3 Å². The topological polar surface area (TPSA) is 99.6 Å². The molecule has 146 valence electrons. The van der Waals surface area contributed by atoms with E-state index >= 15 is 0 Å². The molecule has 1 saturated heterocycles. The molecule has 0 saturated carbocycles. The Morgan fingerprint density at radius 1 is 1.19 bits per heavy atom. The Labute approximate surface area is 159 Å². The Bertz CT molecular complexity index is 725. The molecule has 2 amide bonds. The number of hydrazone groups is 1. The van der Waals surface area contributed by atoms with Gasteiger partial charge in [0.15, 0.2) is 0 Å². The van der Waals surface area contributed by atoms with E-state index in [4.69, 9.17) is 4.98 Å². The highest BCUT2D eigenvalue weighted by Gasteiger charge is 2.22. The number of aromatic nitrogens is 2. The SMILES string of the molecule is Cc1nc(N2CCCCCCC2)ncc1C(C)NC(=O)C1=NNC(=O)CC1. The summed E-state index contributed by atoms with van der Waals surface area (Å²) in [7, 11) is 0. The van der Waals surface area contributed by atoms with Gasteiger partial charge in [-0.2, -0.15) is 5.10 Å². The van der Waals surface area contributed by atoms with Crippen molar-refractivity contribution in [2.75, 3.05) is 18.0 Å². The zero-order valence-electron chi connectivity index (χ0n) is 16.1. The minimum Gasteiger partial charge on any atom is -0.344 e. The van der Waals surface area contributed by atoms with Gasteiger partial charge in [-0.3, -0.25) is 9.59 Å². The standard InChI is InChI=1S/C19H28N6O2/c1-13(21-18(27)16-8-9-17(26)24-23-16)15-12-20-19(22-14(15)2)25-10-6-4-3-5-7-11-25/h12-13H,3-11H2,1-2H3,(H,21,27)(H,24,26). The Morgan fingerprint density at radius 2 is 1.89 bits per heavy atom. The maximum Gasteiger partial charge on any atom is 0.267 e. The summed E-state index contributed by atoms with van der Waals surface area (Å²) in [5.74, 6) is 0.342. The van der Waals surface area contributed by atoms with Crippen LogP contribution < -0.4 is 15.6 Å². The third kappa shape index (κ3) is 5.02. The van der Waals surface area contributed by atoms with Gasteiger partial charge in [0.05, 0.1) is 6.04 Å². The Hall–Kier alpha value is -2.51. The van der Waals surface area contributed by atoms with Gasteiger partial charge in [0.2, 0.25) is 11.9 Å². The molecule has 0 radical (unpaired) electrons. The quantitative estimate of drug-likeness (QED) is 0.842. The molecule has 1 unspecified atom stereocenters. The van der Waals surface area contributed by atoms with Crippen LogP contribution >= 0.6 is 0 Å². The van der Waals surface area contributed by atoms with Crippen molar-refractivity contribution < 1.29 is 9.59 Å². The monoisotopic (exact) mass is 372 g/mol. The summed E-state index contributed by atoms with van der Waals surface area (Å²) in [5, 5.41) is 6.76. The smallest absolute Gasteiger partial charge is 0.267 e. The molecule has 2 aliphatic rings. The Morgan fingerprint density at radius 3 is 2.52 bits per heavy atom. The minimum absolute atomic E-state index is 0.163. The number of carbonyl (C=O) groups excluding carboxylic acids is 2. The van der Waals surface area contributed by atoms with Gasteiger partial charge in [-0.25, -0.2) is 15.4 Å². The first-order valence-corrected chi connectivity index (χ1v) is 9.79. The van der Waals surface area contributed by atoms with Crippen LogP contribution in [0.4, 0.5) is 5.95 Å². The van der Waals surface area contributed by atoms with Gasteiger partial charge in [-0.1, -0.05) is 19.3 Å². The number of nitrogens with zero attached hydrogens (tertiary/aromatic N) is 4. The molecule has 0 spiro atoms. The van der Waals surface area contributed by atoms with Crippen molar-refractivity contribution in [3.05, 3.63) is 17.5 Å². The van der Waals surface area contributed by atoms with Crippen molar-refractivity contribution in [3.63, 3.8) is 0 Å². The Kier molecular flexibility index (Phi) is 6.36. The molecule has 2 aliphatic heterocycles. The molecule has 2 N–H and O–H groups in total. The molecule has 3 heterocycles. The van der Waals surface area contributed by atoms with Crippen LogP contribution in [0.2, 0.25) is 0 Å². The van der Waals surface area contributed by atoms with Gasteiger partial charge < -0.3 is 10.2 Å². The van der Waals surface area contributed by atoms with Gasteiger partial charge in [-0.05, 0) is 26.7 Å². The molecule has 1 aromatic rings. The van der Waals surface area contributed by atoms with Gasteiger partial charge in [0.1, 0.15) is 5.71 Å². The van der Waals surface area contributed by atoms with Crippen LogP contribution in [0, 0.1) is 6.92 Å². The predicted octanol–water partition coefficient (Wildman–Crippen LogP) is 2.00. The lowest BCUT2D eigenvalue weighted by Crippen LogP contribution is -2.38. The molecule has 1 atom stereocenters. The molecule has 8 nitrogen and oxygen atoms in total. The maximum atomic E-state index is 12.3. The summed E-state index contributed by atoms with van der Waals surface area (Å²) < 4.78 is 0. The number of carbonyl (C=O) groups is 2. The van der Waals surface area contributed by atoms with Crippen molar-refractivity contribution in [2.45, 2.75) is 64.8 Å². The fourth-order valence-electron chi connectivity index (χ4n) is 3.48. The van der Waals surface area contributed by atoms with E-state index in [0.717, 1.165) is 30.3 Å². The Balaban J connectivity index is 1.65. The average molecular weight is 372 g/mol. The zero-order valence-corrected chi connectivity index (χ0v) is 16.1. The number of hydrogen-bond donors (Lipinski definition) is 2. The summed E-state index contributed by atoms with van der Waals surface area (Å²) in [6.45, 7) is 5.85. The molecule has 0 bridgehead atoms. The molecule has 3 rings (SSSR count). The second-order valence-electron chi connectivity index (χ2n) is 7.25. The van der Waals surface area contributed by atoms with Crippen molar-refractivity contribution in [3.8, 4) is 0 Å². The fourth-order valence-corrected chi connectivity index (χ4v) is 3.48. The first-order chi connectivity index (χ1) is 13.0. The average Bonchev–Trinajstić information content (AvgIpc) is 2.61. The van der Waals surface area contributed by atoms with Crippen molar-refractivity contribution in [1.82, 2.24) is 20.7 Å². The van der Waals surface area contributed by atoms with Crippen molar-refractivity contribution >= 4 is 23.5 Å². The summed E-state index contributed by atoms with van der Waals surface area (Å²) in [6, 6.07) is -0.237. The van der Waals surface area contributed by atoms with E-state index in [1.807, 2.05) is 20.0 Å². The largest absolute Gasteiger partial charge is 0.344 e. The van der Waals surface area contributed by atoms with Crippen LogP contribution in [0.5, 0.6) is 0 Å². The first-order valence-electron chi connectivity index (χ1n) is 9.79. The summed E-state index contributed by atoms with van der Waals surface area (Å²) in [4.78, 5) is 35.0. The zero-order chi connectivity index (χ0) is 19.2. The predicted molar refractivity (Wildman–Crippen MR) is 103 cm³/mol. The van der Waals surface area contributed by atoms with Gasteiger partial charge in [-0.15, -0.1) is 0 Å². The molecular weight excluding hydrogens is 344 g/mol. The van der Waals surface area contributed by atoms with Crippen molar-refractivity contribution in [2.24, 2.45) is 5.10 Å². The van der Waals surface area contributed by atoms with Crippen LogP contribution in [0.3, 0.4) is 0 Å². The highest BCUT2D eigenvalue weighted by Crippen LogP contribution is 2.20. The van der Waals surface area contributed by atoms with E-state index in [2.05, 4.69) is 25.7 Å². The van der Waals surface area contributed by atoms with Crippen LogP contribution in [0.1, 0.15) is 69.2 Å². The lowest BCUT2D eigenvalue weighted by molar-refractivity contribution is -0.121. The number of rotatable bonds is 4. The summed E-state index contributed by atoms with van der Waals surface area (Å²) >= 11 is 0. The lowest BCUT2D eigenvalue weighted by atomic mass is 10.1. The fraction of sp³-hybridized carbons (Fsp3) is 0.632. The van der Waals surface area contributed by atoms with E-state index < -0.39 is 0 Å². The van der Waals surface area contributed by atoms with E-state index in [1.54, 1.807) is 0 Å². The highest BCUT2D eigenvalue weighted by molar-refractivity contribution is 6.39. The molecule has 27 heavy (non-hydrogen) atoms. The third-order valence-electron chi connectivity index (χ3n) is 5.12. The molecule has 1 fully saturated rings. The van der Waals surface area contributed by atoms with Gasteiger partial charge in [0, 0.05) is 43.4 Å². The van der Waals surface area contributed by atoms with E-state index in [1.165, 1.54) is 32.1 Å². The van der Waals surface area contributed by atoms with Gasteiger partial charge >= 0.3 is 0 Å². The number of anilines is 1. The highest BCUT2D eigenvalue weighted by atomic mass is 16.2. The lowest BCUT2D eigenvalue weighted by Gasteiger charge is -2.25. The van der Waals surface area contributed by atoms with Crippen LogP contribution in [-0.4, -0.2) is 40.6 Å². The number of amides is 2. The first kappa shape index (κ1) is 19.3. The summed E-state index contributed by atoms with van der Waals surface area (Å²) in [5.41, 5.74) is 4.45. The van der Waals surface area contributed by atoms with Crippen molar-refractivity contribution in [1.29, 1.82) is 0 Å². The number of hydrogen-bond acceptors (Lipinski definition) is 6. The second-order valence-corrected chi connectivity index (χ2v) is 7.25. The van der Waals surface area contributed by atoms with E-state index in [0.29, 0.717) is 12.1 Å². The third-order valence-corrected chi connectivity index (χ3v) is 5.12. The van der Waals surface area contributed by atoms with E-state index in [9.17, 15) is 9.59 Å². The normalized spacial score (nSPS) is 19.4. The number of aryl methyl sites for hydroxylation is 1. The molecule has 1 aromatic heterocycles. The molecule has 8 heteroatoms. The van der Waals surface area contributed by atoms with Crippen LogP contribution in [-0.2, 0) is 9.59 Å². The second kappa shape index (κ2) is 8.92. The van der Waals surface area contributed by atoms with E-state index in [-0.39, 0.29) is 24.3 Å². The maximum absolute atomic E-state index is 12.3. The molecule has 0 aromatic carbocycles. The van der Waals surface area contributed by atoms with Gasteiger partial charge in [0.25, 0.3) is 5.91 Å². The summed E-state index contributed by atoms with van der Waals surface area (Å²) in [6.07, 6.45) is 8.65. The number of nitrogens with one attached hydrogen (secondary N) is 2. The van der Waals surface area contributed by atoms with Crippen LogP contribution in [0.25, 0.3) is 0 Å². The minimum atomic E-state index is -0.269.